The lowest BCUT2D eigenvalue weighted by molar-refractivity contribution is -0.277. The van der Waals surface area contributed by atoms with Gasteiger partial charge in [-0.25, -0.2) is 0 Å². The highest BCUT2D eigenvalue weighted by atomic mass is 16.7. The number of hydrogen-bond acceptors (Lipinski definition) is 9. The molecule has 1 aromatic rings. The van der Waals surface area contributed by atoms with Gasteiger partial charge in [0, 0.05) is 7.05 Å². The van der Waals surface area contributed by atoms with Crippen LogP contribution in [0.3, 0.4) is 0 Å². The van der Waals surface area contributed by atoms with Gasteiger partial charge in [-0.3, -0.25) is 4.79 Å². The smallest absolute Gasteiger partial charge is 0.273 e. The van der Waals surface area contributed by atoms with Crippen LogP contribution >= 0.6 is 0 Å². The lowest BCUT2D eigenvalue weighted by Gasteiger charge is -2.39. The van der Waals surface area contributed by atoms with Gasteiger partial charge < -0.3 is 40.1 Å². The summed E-state index contributed by atoms with van der Waals surface area (Å²) in [6.45, 7) is -0.582. The van der Waals surface area contributed by atoms with E-state index in [0.29, 0.717) is 0 Å². The molecule has 10 heteroatoms. The third kappa shape index (κ3) is 4.11. The van der Waals surface area contributed by atoms with Gasteiger partial charge in [0.05, 0.1) is 12.2 Å². The number of nitrogens with zero attached hydrogens (tertiary/aromatic N) is 1. The normalized spacial score (nSPS) is 29.2. The quantitative estimate of drug-likeness (QED) is 0.284. The maximum absolute atomic E-state index is 12.0. The molecule has 144 valence electrons. The first-order valence-corrected chi connectivity index (χ1v) is 7.84. The van der Waals surface area contributed by atoms with Crippen molar-refractivity contribution < 1.29 is 39.5 Å². The van der Waals surface area contributed by atoms with Crippen LogP contribution in [0, 0.1) is 0 Å². The lowest BCUT2D eigenvalue weighted by atomic mass is 9.99. The molecule has 0 aromatic heterocycles. The van der Waals surface area contributed by atoms with Gasteiger partial charge in [0.25, 0.3) is 5.91 Å². The molecular formula is C16H22N2O8. The highest BCUT2D eigenvalue weighted by molar-refractivity contribution is 6.45. The molecule has 0 spiro atoms. The average molecular weight is 370 g/mol. The Morgan fingerprint density at radius 3 is 2.54 bits per heavy atom. The van der Waals surface area contributed by atoms with E-state index in [1.807, 2.05) is 0 Å². The molecule has 1 fully saturated rings. The van der Waals surface area contributed by atoms with Gasteiger partial charge in [-0.15, -0.1) is 0 Å². The molecule has 26 heavy (non-hydrogen) atoms. The predicted octanol–water partition coefficient (Wildman–Crippen LogP) is -2.04. The molecule has 1 aliphatic rings. The van der Waals surface area contributed by atoms with Gasteiger partial charge in [0.2, 0.25) is 6.29 Å². The third-order valence-corrected chi connectivity index (χ3v) is 3.86. The van der Waals surface area contributed by atoms with Crippen molar-refractivity contribution in [3.8, 4) is 5.75 Å². The predicted molar refractivity (Wildman–Crippen MR) is 88.4 cm³/mol. The molecule has 5 atom stereocenters. The topological polar surface area (TPSA) is 150 Å². The molecule has 1 aromatic carbocycles. The summed E-state index contributed by atoms with van der Waals surface area (Å²) in [6, 6.07) is 6.32. The molecule has 5 N–H and O–H groups in total. The van der Waals surface area contributed by atoms with E-state index in [1.165, 1.54) is 20.2 Å². The first-order chi connectivity index (χ1) is 12.4. The standard InChI is InChI=1S/C16H22N2O8/c1-17-15(23)11(18-24-2)8-5-3-4-6-9(8)25-16-14(22)13(21)12(20)10(7-19)26-16/h3-6,10,12-14,16,19-22H,7H2,1-2H3,(H,17,23)/t10-,12-,13+,14-,16-/m1/s1. The number of para-hydroxylation sites is 1. The Morgan fingerprint density at radius 1 is 1.23 bits per heavy atom. The number of aliphatic hydroxyl groups excluding tert-OH is 4. The monoisotopic (exact) mass is 370 g/mol. The number of nitrogens with one attached hydrogen (secondary N) is 1. The maximum Gasteiger partial charge on any atom is 0.273 e. The first-order valence-electron chi connectivity index (χ1n) is 7.84. The van der Waals surface area contributed by atoms with Gasteiger partial charge in [-0.05, 0) is 12.1 Å². The van der Waals surface area contributed by atoms with Crippen LogP contribution in [0.4, 0.5) is 0 Å². The zero-order chi connectivity index (χ0) is 19.3. The fourth-order valence-corrected chi connectivity index (χ4v) is 2.48. The van der Waals surface area contributed by atoms with Crippen molar-refractivity contribution in [1.82, 2.24) is 5.32 Å². The molecule has 1 saturated heterocycles. The van der Waals surface area contributed by atoms with Crippen LogP contribution in [-0.2, 0) is 14.4 Å². The van der Waals surface area contributed by atoms with E-state index in [4.69, 9.17) is 14.3 Å². The van der Waals surface area contributed by atoms with Crippen molar-refractivity contribution >= 4 is 11.6 Å². The van der Waals surface area contributed by atoms with E-state index in [2.05, 4.69) is 10.5 Å². The molecule has 1 heterocycles. The van der Waals surface area contributed by atoms with Crippen LogP contribution in [0.15, 0.2) is 29.4 Å². The number of oxime groups is 1. The Morgan fingerprint density at radius 2 is 1.92 bits per heavy atom. The fourth-order valence-electron chi connectivity index (χ4n) is 2.48. The Balaban J connectivity index is 2.32. The van der Waals surface area contributed by atoms with Gasteiger partial charge >= 0.3 is 0 Å². The van der Waals surface area contributed by atoms with Crippen LogP contribution in [0.1, 0.15) is 5.56 Å². The van der Waals surface area contributed by atoms with E-state index in [1.54, 1.807) is 18.2 Å². The van der Waals surface area contributed by atoms with Crippen molar-refractivity contribution in [2.75, 3.05) is 20.8 Å². The second kappa shape index (κ2) is 8.92. The summed E-state index contributed by atoms with van der Waals surface area (Å²) in [5, 5.41) is 45.1. The zero-order valence-corrected chi connectivity index (χ0v) is 14.3. The van der Waals surface area contributed by atoms with E-state index in [9.17, 15) is 25.2 Å². The summed E-state index contributed by atoms with van der Waals surface area (Å²) in [5.41, 5.74) is 0.181. The molecule has 0 saturated carbocycles. The molecule has 0 radical (unpaired) electrons. The molecule has 0 bridgehead atoms. The van der Waals surface area contributed by atoms with E-state index in [-0.39, 0.29) is 17.0 Å². The molecule has 2 rings (SSSR count). The number of rotatable bonds is 6. The van der Waals surface area contributed by atoms with Crippen LogP contribution < -0.4 is 10.1 Å². The van der Waals surface area contributed by atoms with Gasteiger partial charge in [0.15, 0.2) is 5.71 Å². The molecule has 1 amide bonds. The van der Waals surface area contributed by atoms with Crippen LogP contribution in [0.5, 0.6) is 5.75 Å². The molecular weight excluding hydrogens is 348 g/mol. The van der Waals surface area contributed by atoms with Gasteiger partial charge in [0.1, 0.15) is 37.3 Å². The largest absolute Gasteiger partial charge is 0.461 e. The maximum atomic E-state index is 12.0. The fraction of sp³-hybridized carbons (Fsp3) is 0.500. The highest BCUT2D eigenvalue weighted by Gasteiger charge is 2.45. The number of ether oxygens (including phenoxy) is 2. The Labute approximate surface area is 149 Å². The summed E-state index contributed by atoms with van der Waals surface area (Å²) >= 11 is 0. The summed E-state index contributed by atoms with van der Waals surface area (Å²) in [5.74, 6) is -0.409. The number of hydrogen-bond donors (Lipinski definition) is 5. The van der Waals surface area contributed by atoms with Gasteiger partial charge in [-0.2, -0.15) is 0 Å². The van der Waals surface area contributed by atoms with Crippen molar-refractivity contribution in [3.63, 3.8) is 0 Å². The van der Waals surface area contributed by atoms with Gasteiger partial charge in [-0.1, -0.05) is 17.3 Å². The minimum absolute atomic E-state index is 0.0739. The highest BCUT2D eigenvalue weighted by Crippen LogP contribution is 2.27. The molecule has 10 nitrogen and oxygen atoms in total. The number of benzene rings is 1. The Bertz CT molecular complexity index is 651. The molecule has 0 unspecified atom stereocenters. The van der Waals surface area contributed by atoms with Crippen molar-refractivity contribution in [2.45, 2.75) is 30.7 Å². The molecule has 0 aliphatic carbocycles. The number of amides is 1. The summed E-state index contributed by atoms with van der Waals surface area (Å²) in [6.07, 6.45) is -7.16. The lowest BCUT2D eigenvalue weighted by Crippen LogP contribution is -2.60. The second-order valence-corrected chi connectivity index (χ2v) is 5.51. The van der Waals surface area contributed by atoms with Crippen LogP contribution in [0.25, 0.3) is 0 Å². The average Bonchev–Trinajstić information content (AvgIpc) is 2.66. The number of likely N-dealkylation sites (N-methyl/N-ethyl adjacent to an activating group) is 1. The SMILES string of the molecule is CNC(=O)C(=NOC)c1ccccc1O[C@@H]1O[C@H](CO)[C@@H](O)[C@H](O)[C@H]1O. The van der Waals surface area contributed by atoms with E-state index < -0.39 is 43.2 Å². The minimum atomic E-state index is -1.58. The summed E-state index contributed by atoms with van der Waals surface area (Å²) in [7, 11) is 2.71. The molecule has 1 aliphatic heterocycles. The Kier molecular flexibility index (Phi) is 6.89. The summed E-state index contributed by atoms with van der Waals surface area (Å²) < 4.78 is 10.9. The van der Waals surface area contributed by atoms with Crippen LogP contribution in [-0.4, -0.2) is 83.5 Å². The van der Waals surface area contributed by atoms with E-state index in [0.717, 1.165) is 0 Å². The van der Waals surface area contributed by atoms with E-state index >= 15 is 0 Å². The Hall–Kier alpha value is -2.24. The van der Waals surface area contributed by atoms with Crippen molar-refractivity contribution in [1.29, 1.82) is 0 Å². The number of carbonyl (C=O) groups excluding carboxylic acids is 1. The number of aliphatic hydroxyl groups is 4. The minimum Gasteiger partial charge on any atom is -0.461 e. The first kappa shape index (κ1) is 20.1. The van der Waals surface area contributed by atoms with Crippen molar-refractivity contribution in [2.24, 2.45) is 5.16 Å². The van der Waals surface area contributed by atoms with Crippen LogP contribution in [0.2, 0.25) is 0 Å². The second-order valence-electron chi connectivity index (χ2n) is 5.51. The van der Waals surface area contributed by atoms with Crippen molar-refractivity contribution in [3.05, 3.63) is 29.8 Å². The summed E-state index contributed by atoms with van der Waals surface area (Å²) in [4.78, 5) is 16.7. The number of carbonyl (C=O) groups is 1. The third-order valence-electron chi connectivity index (χ3n) is 3.86. The zero-order valence-electron chi connectivity index (χ0n) is 14.3.